The Balaban J connectivity index is 2.19. The van der Waals surface area contributed by atoms with Crippen LogP contribution >= 0.6 is 11.3 Å². The molecule has 0 atom stereocenters. The first-order chi connectivity index (χ1) is 6.75. The van der Waals surface area contributed by atoms with E-state index in [1.165, 1.54) is 11.3 Å². The molecule has 1 aromatic heterocycles. The number of aromatic nitrogens is 1. The van der Waals surface area contributed by atoms with Crippen LogP contribution in [0.1, 0.15) is 0 Å². The number of hydrogen-bond donors (Lipinski definition) is 1. The van der Waals surface area contributed by atoms with Gasteiger partial charge in [-0.2, -0.15) is 0 Å². The van der Waals surface area contributed by atoms with Crippen LogP contribution in [0.4, 0.5) is 13.9 Å². The fraction of sp³-hybridized carbons (Fsp3) is 0.222. The average Bonchev–Trinajstić information content (AvgIpc) is 2.57. The lowest BCUT2D eigenvalue weighted by Crippen LogP contribution is -2.09. The number of rotatable bonds is 3. The zero-order valence-corrected chi connectivity index (χ0v) is 8.02. The minimum atomic E-state index is -2.35. The van der Waals surface area contributed by atoms with Crippen molar-refractivity contribution in [2.45, 2.75) is 6.43 Å². The quantitative estimate of drug-likeness (QED) is 0.849. The lowest BCUT2D eigenvalue weighted by molar-refractivity contribution is 0.163. The second kappa shape index (κ2) is 3.88. The normalized spacial score (nSPS) is 11.1. The minimum absolute atomic E-state index is 0.347. The van der Waals surface area contributed by atoms with E-state index in [0.29, 0.717) is 5.13 Å². The van der Waals surface area contributed by atoms with Crippen LogP contribution in [0.5, 0.6) is 0 Å². The Labute approximate surface area is 83.6 Å². The number of nitrogens with zero attached hydrogens (tertiary/aromatic N) is 1. The van der Waals surface area contributed by atoms with Crippen molar-refractivity contribution in [1.82, 2.24) is 4.98 Å². The number of halogens is 2. The van der Waals surface area contributed by atoms with Crippen molar-refractivity contribution >= 4 is 26.7 Å². The highest BCUT2D eigenvalue weighted by Gasteiger charge is 2.05. The summed E-state index contributed by atoms with van der Waals surface area (Å²) >= 11 is 1.38. The zero-order valence-electron chi connectivity index (χ0n) is 7.21. The van der Waals surface area contributed by atoms with E-state index in [-0.39, 0.29) is 6.54 Å². The smallest absolute Gasteiger partial charge is 0.255 e. The summed E-state index contributed by atoms with van der Waals surface area (Å²) in [4.78, 5) is 4.16. The molecule has 1 heterocycles. The van der Waals surface area contributed by atoms with Crippen LogP contribution in [0.25, 0.3) is 10.2 Å². The van der Waals surface area contributed by atoms with E-state index in [2.05, 4.69) is 10.3 Å². The second-order valence-corrected chi connectivity index (χ2v) is 3.79. The van der Waals surface area contributed by atoms with Gasteiger partial charge in [-0.1, -0.05) is 23.5 Å². The van der Waals surface area contributed by atoms with E-state index >= 15 is 0 Å². The highest BCUT2D eigenvalue weighted by molar-refractivity contribution is 7.22. The molecule has 1 aromatic carbocycles. The van der Waals surface area contributed by atoms with Crippen LogP contribution in [-0.4, -0.2) is 18.0 Å². The summed E-state index contributed by atoms with van der Waals surface area (Å²) in [5.74, 6) is 0. The molecule has 74 valence electrons. The highest BCUT2D eigenvalue weighted by atomic mass is 32.1. The first-order valence-electron chi connectivity index (χ1n) is 4.13. The van der Waals surface area contributed by atoms with E-state index in [1.807, 2.05) is 24.3 Å². The van der Waals surface area contributed by atoms with Gasteiger partial charge in [-0.05, 0) is 12.1 Å². The number of hydrogen-bond acceptors (Lipinski definition) is 3. The summed E-state index contributed by atoms with van der Waals surface area (Å²) in [6.07, 6.45) is -2.35. The summed E-state index contributed by atoms with van der Waals surface area (Å²) in [6.45, 7) is -0.347. The molecular weight excluding hydrogens is 206 g/mol. The maximum atomic E-state index is 11.9. The molecule has 0 spiro atoms. The molecule has 2 rings (SSSR count). The van der Waals surface area contributed by atoms with Gasteiger partial charge < -0.3 is 5.32 Å². The Hall–Kier alpha value is -1.23. The van der Waals surface area contributed by atoms with Crippen LogP contribution in [-0.2, 0) is 0 Å². The fourth-order valence-corrected chi connectivity index (χ4v) is 1.98. The lowest BCUT2D eigenvalue weighted by Gasteiger charge is -1.98. The molecule has 0 saturated carbocycles. The molecule has 0 fully saturated rings. The van der Waals surface area contributed by atoms with Gasteiger partial charge in [0.2, 0.25) is 0 Å². The SMILES string of the molecule is FC(F)CNc1nc2ccccc2s1. The van der Waals surface area contributed by atoms with Crippen molar-refractivity contribution in [3.8, 4) is 0 Å². The van der Waals surface area contributed by atoms with Crippen LogP contribution in [0, 0.1) is 0 Å². The number of fused-ring (bicyclic) bond motifs is 1. The van der Waals surface area contributed by atoms with E-state index in [9.17, 15) is 8.78 Å². The van der Waals surface area contributed by atoms with Gasteiger partial charge in [0.25, 0.3) is 6.43 Å². The molecule has 14 heavy (non-hydrogen) atoms. The highest BCUT2D eigenvalue weighted by Crippen LogP contribution is 2.25. The molecule has 5 heteroatoms. The van der Waals surface area contributed by atoms with Crippen molar-refractivity contribution in [1.29, 1.82) is 0 Å². The largest absolute Gasteiger partial charge is 0.356 e. The third kappa shape index (κ3) is 1.98. The molecule has 0 amide bonds. The summed E-state index contributed by atoms with van der Waals surface area (Å²) in [5, 5.41) is 3.14. The van der Waals surface area contributed by atoms with Gasteiger partial charge in [0, 0.05) is 0 Å². The molecule has 0 radical (unpaired) electrons. The van der Waals surface area contributed by atoms with Gasteiger partial charge in [-0.25, -0.2) is 13.8 Å². The number of alkyl halides is 2. The minimum Gasteiger partial charge on any atom is -0.356 e. The first kappa shape index (κ1) is 9.33. The van der Waals surface area contributed by atoms with Crippen LogP contribution in [0.3, 0.4) is 0 Å². The Bertz CT molecular complexity index is 394. The summed E-state index contributed by atoms with van der Waals surface area (Å²) < 4.78 is 24.8. The maximum absolute atomic E-state index is 11.9. The van der Waals surface area contributed by atoms with Gasteiger partial charge >= 0.3 is 0 Å². The molecule has 0 unspecified atom stereocenters. The Morgan fingerprint density at radius 1 is 1.36 bits per heavy atom. The zero-order chi connectivity index (χ0) is 9.97. The van der Waals surface area contributed by atoms with Crippen molar-refractivity contribution in [3.05, 3.63) is 24.3 Å². The molecule has 0 aliphatic rings. The van der Waals surface area contributed by atoms with Crippen molar-refractivity contribution < 1.29 is 8.78 Å². The van der Waals surface area contributed by atoms with Crippen molar-refractivity contribution in [3.63, 3.8) is 0 Å². The number of thiazole rings is 1. The van der Waals surface area contributed by atoms with Gasteiger partial charge in [0.1, 0.15) is 0 Å². The van der Waals surface area contributed by atoms with Gasteiger partial charge in [-0.15, -0.1) is 0 Å². The molecule has 2 nitrogen and oxygen atoms in total. The number of para-hydroxylation sites is 1. The van der Waals surface area contributed by atoms with Gasteiger partial charge in [0.05, 0.1) is 16.8 Å². The lowest BCUT2D eigenvalue weighted by atomic mass is 10.3. The summed E-state index contributed by atoms with van der Waals surface area (Å²) in [6, 6.07) is 7.55. The average molecular weight is 214 g/mol. The number of nitrogens with one attached hydrogen (secondary N) is 1. The van der Waals surface area contributed by atoms with E-state index < -0.39 is 6.43 Å². The molecule has 0 aliphatic carbocycles. The van der Waals surface area contributed by atoms with Crippen LogP contribution < -0.4 is 5.32 Å². The third-order valence-corrected chi connectivity index (χ3v) is 2.70. The topological polar surface area (TPSA) is 24.9 Å². The molecule has 0 aliphatic heterocycles. The summed E-state index contributed by atoms with van der Waals surface area (Å²) in [5.41, 5.74) is 0.842. The Kier molecular flexibility index (Phi) is 2.58. The molecule has 0 saturated heterocycles. The van der Waals surface area contributed by atoms with E-state index in [4.69, 9.17) is 0 Å². The fourth-order valence-electron chi connectivity index (χ4n) is 1.11. The Morgan fingerprint density at radius 2 is 2.14 bits per heavy atom. The number of benzene rings is 1. The van der Waals surface area contributed by atoms with Gasteiger partial charge in [-0.3, -0.25) is 0 Å². The first-order valence-corrected chi connectivity index (χ1v) is 4.95. The van der Waals surface area contributed by atoms with Crippen molar-refractivity contribution in [2.75, 3.05) is 11.9 Å². The van der Waals surface area contributed by atoms with E-state index in [1.54, 1.807) is 0 Å². The van der Waals surface area contributed by atoms with Gasteiger partial charge in [0.15, 0.2) is 5.13 Å². The predicted molar refractivity (Wildman–Crippen MR) is 54.1 cm³/mol. The molecule has 0 bridgehead atoms. The molecule has 2 aromatic rings. The van der Waals surface area contributed by atoms with Crippen LogP contribution in [0.15, 0.2) is 24.3 Å². The van der Waals surface area contributed by atoms with E-state index in [0.717, 1.165) is 10.2 Å². The van der Waals surface area contributed by atoms with Crippen molar-refractivity contribution in [2.24, 2.45) is 0 Å². The monoisotopic (exact) mass is 214 g/mol. The standard InChI is InChI=1S/C9H8F2N2S/c10-8(11)5-12-9-13-6-3-1-2-4-7(6)14-9/h1-4,8H,5H2,(H,12,13). The van der Waals surface area contributed by atoms with Crippen LogP contribution in [0.2, 0.25) is 0 Å². The summed E-state index contributed by atoms with van der Waals surface area (Å²) in [7, 11) is 0. The predicted octanol–water partition coefficient (Wildman–Crippen LogP) is 2.97. The number of anilines is 1. The molecule has 1 N–H and O–H groups in total. The molecular formula is C9H8F2N2S. The Morgan fingerprint density at radius 3 is 2.86 bits per heavy atom. The maximum Gasteiger partial charge on any atom is 0.255 e. The third-order valence-electron chi connectivity index (χ3n) is 1.70. The second-order valence-electron chi connectivity index (χ2n) is 2.76.